The van der Waals surface area contributed by atoms with Gasteiger partial charge in [-0.1, -0.05) is 23.2 Å². The molecule has 0 amide bonds. The molecular formula is C20H17Cl2FN2O2. The second kappa shape index (κ2) is 7.24. The summed E-state index contributed by atoms with van der Waals surface area (Å²) in [5.41, 5.74) is 2.60. The zero-order valence-corrected chi connectivity index (χ0v) is 16.0. The molecule has 2 aromatic carbocycles. The van der Waals surface area contributed by atoms with Crippen molar-refractivity contribution in [2.75, 3.05) is 7.05 Å². The Kier molecular flexibility index (Phi) is 4.95. The number of benzene rings is 2. The molecule has 27 heavy (non-hydrogen) atoms. The fourth-order valence-corrected chi connectivity index (χ4v) is 4.19. The van der Waals surface area contributed by atoms with Gasteiger partial charge in [-0.15, -0.1) is 0 Å². The Bertz CT molecular complexity index is 975. The summed E-state index contributed by atoms with van der Waals surface area (Å²) in [4.78, 5) is 6.27. The van der Waals surface area contributed by atoms with Gasteiger partial charge in [0.05, 0.1) is 24.9 Å². The van der Waals surface area contributed by atoms with E-state index in [1.54, 1.807) is 24.4 Å². The number of rotatable bonds is 4. The van der Waals surface area contributed by atoms with Gasteiger partial charge in [0.1, 0.15) is 5.82 Å². The van der Waals surface area contributed by atoms with Crippen LogP contribution in [0.2, 0.25) is 10.0 Å². The Morgan fingerprint density at radius 1 is 1.26 bits per heavy atom. The highest BCUT2D eigenvalue weighted by molar-refractivity contribution is 6.35. The van der Waals surface area contributed by atoms with Crippen molar-refractivity contribution in [3.63, 3.8) is 0 Å². The van der Waals surface area contributed by atoms with Crippen LogP contribution in [0.1, 0.15) is 23.1 Å². The van der Waals surface area contributed by atoms with Gasteiger partial charge in [-0.3, -0.25) is 4.90 Å². The van der Waals surface area contributed by atoms with E-state index in [1.165, 1.54) is 12.1 Å². The van der Waals surface area contributed by atoms with Gasteiger partial charge in [0, 0.05) is 22.0 Å². The molecule has 1 aromatic heterocycles. The molecular weight excluding hydrogens is 390 g/mol. The van der Waals surface area contributed by atoms with Crippen molar-refractivity contribution in [3.05, 3.63) is 75.5 Å². The van der Waals surface area contributed by atoms with Crippen LogP contribution in [-0.2, 0) is 13.0 Å². The third kappa shape index (κ3) is 3.60. The van der Waals surface area contributed by atoms with Crippen LogP contribution in [0, 0.1) is 5.82 Å². The Labute approximate surface area is 166 Å². The minimum atomic E-state index is -0.590. The molecule has 7 heteroatoms. The summed E-state index contributed by atoms with van der Waals surface area (Å²) >= 11 is 12.4. The van der Waals surface area contributed by atoms with E-state index < -0.39 is 6.10 Å². The smallest absolute Gasteiger partial charge is 0.209 e. The van der Waals surface area contributed by atoms with Gasteiger partial charge in [0.15, 0.2) is 5.76 Å². The molecule has 3 aromatic rings. The van der Waals surface area contributed by atoms with E-state index in [0.717, 1.165) is 16.7 Å². The average molecular weight is 407 g/mol. The maximum atomic E-state index is 13.1. The van der Waals surface area contributed by atoms with Crippen molar-refractivity contribution >= 4 is 23.2 Å². The van der Waals surface area contributed by atoms with Crippen molar-refractivity contribution < 1.29 is 13.9 Å². The Balaban J connectivity index is 1.55. The van der Waals surface area contributed by atoms with Crippen molar-refractivity contribution in [3.8, 4) is 11.3 Å². The lowest BCUT2D eigenvalue weighted by Crippen LogP contribution is -2.30. The van der Waals surface area contributed by atoms with Crippen LogP contribution >= 0.6 is 23.2 Å². The highest BCUT2D eigenvalue weighted by Crippen LogP contribution is 2.41. The predicted molar refractivity (Wildman–Crippen MR) is 102 cm³/mol. The molecule has 0 fully saturated rings. The van der Waals surface area contributed by atoms with Crippen molar-refractivity contribution in [2.45, 2.75) is 25.1 Å². The molecule has 0 bridgehead atoms. The second-order valence-electron chi connectivity index (χ2n) is 6.71. The van der Waals surface area contributed by atoms with Gasteiger partial charge in [-0.05, 0) is 54.6 Å². The minimum Gasteiger partial charge on any atom is -0.439 e. The monoisotopic (exact) mass is 406 g/mol. The Morgan fingerprint density at radius 3 is 2.74 bits per heavy atom. The number of aromatic nitrogens is 1. The van der Waals surface area contributed by atoms with Crippen molar-refractivity contribution in [1.29, 1.82) is 0 Å². The van der Waals surface area contributed by atoms with Crippen LogP contribution in [0.5, 0.6) is 0 Å². The van der Waals surface area contributed by atoms with E-state index >= 15 is 0 Å². The van der Waals surface area contributed by atoms with Crippen LogP contribution in [0.15, 0.2) is 47.0 Å². The maximum absolute atomic E-state index is 13.1. The molecule has 2 atom stereocenters. The fraction of sp³-hybridized carbons (Fsp3) is 0.250. The van der Waals surface area contributed by atoms with E-state index in [-0.39, 0.29) is 11.9 Å². The number of aliphatic hydroxyl groups excluding tert-OH is 1. The fourth-order valence-electron chi connectivity index (χ4n) is 3.60. The number of oxazole rings is 1. The summed E-state index contributed by atoms with van der Waals surface area (Å²) in [6.45, 7) is 0.395. The highest BCUT2D eigenvalue weighted by atomic mass is 35.5. The molecule has 1 aliphatic rings. The second-order valence-corrected chi connectivity index (χ2v) is 7.56. The SMILES string of the molecule is CN(Cc1ncc(-c2ccc(F)cc2)o1)[C@@H]1c2cc(Cl)cc(Cl)c2C[C@@H]1O. The lowest BCUT2D eigenvalue weighted by molar-refractivity contribution is 0.0681. The lowest BCUT2D eigenvalue weighted by Gasteiger charge is -2.26. The number of likely N-dealkylation sites (N-methyl/N-ethyl adjacent to an activating group) is 1. The van der Waals surface area contributed by atoms with Gasteiger partial charge >= 0.3 is 0 Å². The molecule has 1 heterocycles. The van der Waals surface area contributed by atoms with Gasteiger partial charge in [-0.2, -0.15) is 0 Å². The van der Waals surface area contributed by atoms with Crippen LogP contribution in [0.3, 0.4) is 0 Å². The third-order valence-electron chi connectivity index (χ3n) is 4.83. The normalized spacial score (nSPS) is 18.9. The van der Waals surface area contributed by atoms with E-state index in [2.05, 4.69) is 4.98 Å². The number of hydrogen-bond donors (Lipinski definition) is 1. The summed E-state index contributed by atoms with van der Waals surface area (Å²) in [6, 6.07) is 9.33. The molecule has 1 aliphatic carbocycles. The first kappa shape index (κ1) is 18.4. The summed E-state index contributed by atoms with van der Waals surface area (Å²) in [5, 5.41) is 11.7. The summed E-state index contributed by atoms with van der Waals surface area (Å²) in [6.07, 6.45) is 1.50. The summed E-state index contributed by atoms with van der Waals surface area (Å²) in [5.74, 6) is 0.770. The van der Waals surface area contributed by atoms with Crippen molar-refractivity contribution in [2.24, 2.45) is 0 Å². The van der Waals surface area contributed by atoms with Gasteiger partial charge in [0.25, 0.3) is 0 Å². The van der Waals surface area contributed by atoms with E-state index in [4.69, 9.17) is 27.6 Å². The first-order chi connectivity index (χ1) is 12.9. The quantitative estimate of drug-likeness (QED) is 0.670. The molecule has 140 valence electrons. The lowest BCUT2D eigenvalue weighted by atomic mass is 10.1. The average Bonchev–Trinajstić information content (AvgIpc) is 3.19. The molecule has 4 nitrogen and oxygen atoms in total. The van der Waals surface area contributed by atoms with Gasteiger partial charge in [0.2, 0.25) is 5.89 Å². The zero-order valence-electron chi connectivity index (χ0n) is 14.5. The molecule has 4 rings (SSSR count). The largest absolute Gasteiger partial charge is 0.439 e. The third-order valence-corrected chi connectivity index (χ3v) is 5.39. The molecule has 0 saturated carbocycles. The molecule has 0 unspecified atom stereocenters. The standard InChI is InChI=1S/C20H17Cl2FN2O2/c1-25(20-15-6-12(21)7-16(22)14(15)8-17(20)26)10-19-24-9-18(27-19)11-2-4-13(23)5-3-11/h2-7,9,17,20,26H,8,10H2,1H3/t17-,20+/m0/s1. The molecule has 0 saturated heterocycles. The van der Waals surface area contributed by atoms with Gasteiger partial charge in [-0.25, -0.2) is 9.37 Å². The summed E-state index contributed by atoms with van der Waals surface area (Å²) < 4.78 is 18.9. The van der Waals surface area contributed by atoms with E-state index in [1.807, 2.05) is 18.0 Å². The zero-order chi connectivity index (χ0) is 19.1. The Hall–Kier alpha value is -1.92. The number of aliphatic hydroxyl groups is 1. The highest BCUT2D eigenvalue weighted by Gasteiger charge is 2.36. The molecule has 0 radical (unpaired) electrons. The van der Waals surface area contributed by atoms with Crippen LogP contribution < -0.4 is 0 Å². The number of nitrogens with zero attached hydrogens (tertiary/aromatic N) is 2. The van der Waals surface area contributed by atoms with E-state index in [9.17, 15) is 9.50 Å². The predicted octanol–water partition coefficient (Wildman–Crippen LogP) is 4.88. The number of fused-ring (bicyclic) bond motifs is 1. The molecule has 0 aliphatic heterocycles. The van der Waals surface area contributed by atoms with Crippen LogP contribution in [0.4, 0.5) is 4.39 Å². The van der Waals surface area contributed by atoms with Gasteiger partial charge < -0.3 is 9.52 Å². The number of hydrogen-bond acceptors (Lipinski definition) is 4. The first-order valence-corrected chi connectivity index (χ1v) is 9.24. The van der Waals surface area contributed by atoms with Crippen molar-refractivity contribution in [1.82, 2.24) is 9.88 Å². The van der Waals surface area contributed by atoms with Crippen LogP contribution in [-0.4, -0.2) is 28.1 Å². The molecule has 0 spiro atoms. The minimum absolute atomic E-state index is 0.252. The molecule has 1 N–H and O–H groups in total. The van der Waals surface area contributed by atoms with E-state index in [0.29, 0.717) is 34.7 Å². The topological polar surface area (TPSA) is 49.5 Å². The number of halogens is 3. The maximum Gasteiger partial charge on any atom is 0.209 e. The van der Waals surface area contributed by atoms with Crippen LogP contribution in [0.25, 0.3) is 11.3 Å². The Morgan fingerprint density at radius 2 is 2.00 bits per heavy atom. The summed E-state index contributed by atoms with van der Waals surface area (Å²) in [7, 11) is 1.89. The first-order valence-electron chi connectivity index (χ1n) is 8.49.